The minimum absolute atomic E-state index is 0.377. The average Bonchev–Trinajstić information content (AvgIpc) is 2.55. The van der Waals surface area contributed by atoms with Crippen LogP contribution in [0, 0.1) is 0 Å². The standard InChI is InChI=1S/C18H17N3O2/c19-18(20)21-15-8-6-14-11-16(9-7-13(14)10-15)23-17(22)12-4-2-1-3-5-12/h1-11,18,21H,19-20H2. The predicted molar refractivity (Wildman–Crippen MR) is 91.1 cm³/mol. The highest BCUT2D eigenvalue weighted by atomic mass is 16.5. The summed E-state index contributed by atoms with van der Waals surface area (Å²) in [4.78, 5) is 12.1. The molecule has 3 aromatic rings. The second-order valence-electron chi connectivity index (χ2n) is 5.15. The molecule has 0 saturated heterocycles. The van der Waals surface area contributed by atoms with E-state index < -0.39 is 6.29 Å². The molecule has 3 rings (SSSR count). The van der Waals surface area contributed by atoms with Gasteiger partial charge in [0, 0.05) is 5.69 Å². The summed E-state index contributed by atoms with van der Waals surface area (Å²) >= 11 is 0. The molecular weight excluding hydrogens is 290 g/mol. The van der Waals surface area contributed by atoms with E-state index in [-0.39, 0.29) is 5.97 Å². The molecule has 0 amide bonds. The smallest absolute Gasteiger partial charge is 0.343 e. The molecule has 0 unspecified atom stereocenters. The van der Waals surface area contributed by atoms with Gasteiger partial charge in [0.2, 0.25) is 0 Å². The van der Waals surface area contributed by atoms with Crippen molar-refractivity contribution in [2.45, 2.75) is 6.29 Å². The van der Waals surface area contributed by atoms with Gasteiger partial charge >= 0.3 is 5.97 Å². The second kappa shape index (κ2) is 6.48. The Morgan fingerprint density at radius 2 is 1.61 bits per heavy atom. The topological polar surface area (TPSA) is 90.4 Å². The molecule has 0 saturated carbocycles. The van der Waals surface area contributed by atoms with Gasteiger partial charge in [0.05, 0.1) is 5.56 Å². The number of esters is 1. The largest absolute Gasteiger partial charge is 0.423 e. The highest BCUT2D eigenvalue weighted by Crippen LogP contribution is 2.24. The lowest BCUT2D eigenvalue weighted by atomic mass is 10.1. The van der Waals surface area contributed by atoms with Crippen LogP contribution < -0.4 is 21.5 Å². The number of carbonyl (C=O) groups excluding carboxylic acids is 1. The number of hydrogen-bond donors (Lipinski definition) is 3. The first-order valence-corrected chi connectivity index (χ1v) is 7.20. The molecule has 5 nitrogen and oxygen atoms in total. The van der Waals surface area contributed by atoms with Crippen molar-refractivity contribution < 1.29 is 9.53 Å². The zero-order chi connectivity index (χ0) is 16.2. The van der Waals surface area contributed by atoms with E-state index in [4.69, 9.17) is 16.2 Å². The maximum Gasteiger partial charge on any atom is 0.343 e. The molecule has 0 spiro atoms. The lowest BCUT2D eigenvalue weighted by Gasteiger charge is -2.11. The maximum absolute atomic E-state index is 12.1. The Balaban J connectivity index is 1.82. The molecule has 23 heavy (non-hydrogen) atoms. The Hall–Kier alpha value is -2.89. The Morgan fingerprint density at radius 3 is 2.35 bits per heavy atom. The molecule has 0 heterocycles. The van der Waals surface area contributed by atoms with Gasteiger partial charge in [-0.2, -0.15) is 0 Å². The van der Waals surface area contributed by atoms with Crippen LogP contribution in [-0.2, 0) is 0 Å². The minimum atomic E-state index is -0.612. The first kappa shape index (κ1) is 15.0. The van der Waals surface area contributed by atoms with Gasteiger partial charge in [0.1, 0.15) is 12.0 Å². The molecule has 0 aliphatic carbocycles. The summed E-state index contributed by atoms with van der Waals surface area (Å²) in [5, 5.41) is 4.89. The quantitative estimate of drug-likeness (QED) is 0.392. The molecule has 5 heteroatoms. The van der Waals surface area contributed by atoms with E-state index in [2.05, 4.69) is 5.32 Å². The summed E-state index contributed by atoms with van der Waals surface area (Å²) < 4.78 is 5.41. The van der Waals surface area contributed by atoms with Crippen molar-refractivity contribution in [3.8, 4) is 5.75 Å². The fourth-order valence-electron chi connectivity index (χ4n) is 2.31. The lowest BCUT2D eigenvalue weighted by molar-refractivity contribution is 0.0735. The van der Waals surface area contributed by atoms with E-state index in [1.165, 1.54) is 0 Å². The Labute approximate surface area is 133 Å². The second-order valence-corrected chi connectivity index (χ2v) is 5.15. The number of carbonyl (C=O) groups is 1. The van der Waals surface area contributed by atoms with E-state index in [1.807, 2.05) is 36.4 Å². The summed E-state index contributed by atoms with van der Waals surface area (Å²) in [5.41, 5.74) is 12.4. The molecule has 0 bridgehead atoms. The van der Waals surface area contributed by atoms with Crippen molar-refractivity contribution in [1.82, 2.24) is 0 Å². The number of nitrogens with two attached hydrogens (primary N) is 2. The molecule has 5 N–H and O–H groups in total. The van der Waals surface area contributed by atoms with Gasteiger partial charge in [-0.1, -0.05) is 30.3 Å². The van der Waals surface area contributed by atoms with Crippen LogP contribution in [0.4, 0.5) is 5.69 Å². The number of anilines is 1. The Kier molecular flexibility index (Phi) is 4.23. The maximum atomic E-state index is 12.1. The van der Waals surface area contributed by atoms with E-state index in [9.17, 15) is 4.79 Å². The zero-order valence-corrected chi connectivity index (χ0v) is 12.4. The van der Waals surface area contributed by atoms with Crippen LogP contribution in [0.3, 0.4) is 0 Å². The lowest BCUT2D eigenvalue weighted by Crippen LogP contribution is -2.38. The van der Waals surface area contributed by atoms with Gasteiger partial charge in [0.15, 0.2) is 0 Å². The highest BCUT2D eigenvalue weighted by Gasteiger charge is 2.08. The molecule has 0 atom stereocenters. The van der Waals surface area contributed by atoms with E-state index in [0.717, 1.165) is 16.5 Å². The van der Waals surface area contributed by atoms with E-state index in [1.54, 1.807) is 30.3 Å². The van der Waals surface area contributed by atoms with Gasteiger partial charge in [-0.05, 0) is 47.2 Å². The summed E-state index contributed by atoms with van der Waals surface area (Å²) in [7, 11) is 0. The highest BCUT2D eigenvalue weighted by molar-refractivity contribution is 5.92. The monoisotopic (exact) mass is 307 g/mol. The van der Waals surface area contributed by atoms with E-state index >= 15 is 0 Å². The summed E-state index contributed by atoms with van der Waals surface area (Å²) in [6, 6.07) is 20.1. The number of nitrogens with one attached hydrogen (secondary N) is 1. The Bertz CT molecular complexity index is 832. The average molecular weight is 307 g/mol. The third kappa shape index (κ3) is 3.66. The van der Waals surface area contributed by atoms with Crippen LogP contribution in [0.5, 0.6) is 5.75 Å². The summed E-state index contributed by atoms with van der Waals surface area (Å²) in [6.07, 6.45) is -0.612. The third-order valence-electron chi connectivity index (χ3n) is 3.37. The minimum Gasteiger partial charge on any atom is -0.423 e. The van der Waals surface area contributed by atoms with Crippen molar-refractivity contribution >= 4 is 22.4 Å². The SMILES string of the molecule is NC(N)Nc1ccc2cc(OC(=O)c3ccccc3)ccc2c1. The summed E-state index contributed by atoms with van der Waals surface area (Å²) in [5.74, 6) is 0.125. The number of rotatable bonds is 4. The number of benzene rings is 3. The first-order valence-electron chi connectivity index (χ1n) is 7.20. The number of hydrogen-bond acceptors (Lipinski definition) is 5. The number of fused-ring (bicyclic) bond motifs is 1. The van der Waals surface area contributed by atoms with Crippen molar-refractivity contribution in [2.24, 2.45) is 11.5 Å². The van der Waals surface area contributed by atoms with Crippen molar-refractivity contribution in [2.75, 3.05) is 5.32 Å². The molecule has 3 aromatic carbocycles. The Morgan fingerprint density at radius 1 is 0.913 bits per heavy atom. The molecular formula is C18H17N3O2. The van der Waals surface area contributed by atoms with Crippen LogP contribution in [0.2, 0.25) is 0 Å². The van der Waals surface area contributed by atoms with Crippen molar-refractivity contribution in [3.05, 3.63) is 72.3 Å². The van der Waals surface area contributed by atoms with Gasteiger partial charge in [0.25, 0.3) is 0 Å². The van der Waals surface area contributed by atoms with Crippen LogP contribution in [-0.4, -0.2) is 12.3 Å². The van der Waals surface area contributed by atoms with Crippen molar-refractivity contribution in [3.63, 3.8) is 0 Å². The predicted octanol–water partition coefficient (Wildman–Crippen LogP) is 2.67. The van der Waals surface area contributed by atoms with Gasteiger partial charge < -0.3 is 10.1 Å². The van der Waals surface area contributed by atoms with Crippen LogP contribution in [0.25, 0.3) is 10.8 Å². The van der Waals surface area contributed by atoms with Crippen LogP contribution >= 0.6 is 0 Å². The molecule has 116 valence electrons. The number of ether oxygens (including phenoxy) is 1. The molecule has 0 fully saturated rings. The fourth-order valence-corrected chi connectivity index (χ4v) is 2.31. The van der Waals surface area contributed by atoms with Crippen LogP contribution in [0.15, 0.2) is 66.7 Å². The van der Waals surface area contributed by atoms with Gasteiger partial charge in [-0.3, -0.25) is 11.5 Å². The van der Waals surface area contributed by atoms with Gasteiger partial charge in [-0.15, -0.1) is 0 Å². The molecule has 0 radical (unpaired) electrons. The van der Waals surface area contributed by atoms with E-state index in [0.29, 0.717) is 11.3 Å². The molecule has 0 aliphatic rings. The molecule has 0 aromatic heterocycles. The third-order valence-corrected chi connectivity index (χ3v) is 3.37. The molecule has 0 aliphatic heterocycles. The first-order chi connectivity index (χ1) is 11.1. The summed E-state index contributed by atoms with van der Waals surface area (Å²) in [6.45, 7) is 0. The zero-order valence-electron chi connectivity index (χ0n) is 12.4. The fraction of sp³-hybridized carbons (Fsp3) is 0.0556. The van der Waals surface area contributed by atoms with Crippen molar-refractivity contribution in [1.29, 1.82) is 0 Å². The van der Waals surface area contributed by atoms with Crippen LogP contribution in [0.1, 0.15) is 10.4 Å². The van der Waals surface area contributed by atoms with Gasteiger partial charge in [-0.25, -0.2) is 4.79 Å². The normalized spacial score (nSPS) is 10.7.